The van der Waals surface area contributed by atoms with Gasteiger partial charge < -0.3 is 5.11 Å². The number of aliphatic carboxylic acids is 1. The van der Waals surface area contributed by atoms with Gasteiger partial charge in [-0.25, -0.2) is 4.39 Å². The number of rotatable bonds is 2. The Labute approximate surface area is 102 Å². The van der Waals surface area contributed by atoms with Gasteiger partial charge in [0, 0.05) is 4.47 Å². The number of halogens is 2. The Balaban J connectivity index is 2.70. The van der Waals surface area contributed by atoms with Crippen LogP contribution in [0.25, 0.3) is 0 Å². The second-order valence-electron chi connectivity index (χ2n) is 4.35. The zero-order valence-corrected chi connectivity index (χ0v) is 10.7. The third-order valence-corrected chi connectivity index (χ3v) is 4.18. The molecule has 0 radical (unpaired) electrons. The van der Waals surface area contributed by atoms with E-state index in [1.165, 1.54) is 6.07 Å². The standard InChI is InChI=1S/C12H12BrFO2/c1-6-8(13)5-9(14)7(2)10(6)12(3-4-12)11(15)16/h5H,3-4H2,1-2H3,(H,15,16). The van der Waals surface area contributed by atoms with Crippen molar-refractivity contribution in [3.63, 3.8) is 0 Å². The fourth-order valence-corrected chi connectivity index (χ4v) is 2.66. The first-order chi connectivity index (χ1) is 7.40. The molecule has 0 bridgehead atoms. The van der Waals surface area contributed by atoms with Gasteiger partial charge in [-0.3, -0.25) is 4.79 Å². The number of carboxylic acid groups (broad SMARTS) is 1. The van der Waals surface area contributed by atoms with Gasteiger partial charge in [-0.1, -0.05) is 15.9 Å². The molecule has 1 saturated carbocycles. The van der Waals surface area contributed by atoms with Gasteiger partial charge >= 0.3 is 5.97 Å². The lowest BCUT2D eigenvalue weighted by Crippen LogP contribution is -2.22. The van der Waals surface area contributed by atoms with Crippen molar-refractivity contribution in [1.29, 1.82) is 0 Å². The fraction of sp³-hybridized carbons (Fsp3) is 0.417. The minimum absolute atomic E-state index is 0.347. The SMILES string of the molecule is Cc1c(F)cc(Br)c(C)c1C1(C(=O)O)CC1. The van der Waals surface area contributed by atoms with Crippen LogP contribution >= 0.6 is 15.9 Å². The molecule has 2 rings (SSSR count). The predicted octanol–water partition coefficient (Wildman–Crippen LogP) is 3.32. The maximum atomic E-state index is 13.6. The lowest BCUT2D eigenvalue weighted by molar-refractivity contribution is -0.140. The summed E-state index contributed by atoms with van der Waals surface area (Å²) in [7, 11) is 0. The van der Waals surface area contributed by atoms with Crippen LogP contribution in [0.4, 0.5) is 4.39 Å². The quantitative estimate of drug-likeness (QED) is 0.906. The second-order valence-corrected chi connectivity index (χ2v) is 5.21. The zero-order chi connectivity index (χ0) is 12.1. The van der Waals surface area contributed by atoms with Gasteiger partial charge in [0.15, 0.2) is 0 Å². The van der Waals surface area contributed by atoms with E-state index in [-0.39, 0.29) is 5.82 Å². The van der Waals surface area contributed by atoms with E-state index in [2.05, 4.69) is 15.9 Å². The number of carboxylic acids is 1. The minimum atomic E-state index is -0.851. The molecule has 16 heavy (non-hydrogen) atoms. The van der Waals surface area contributed by atoms with E-state index in [4.69, 9.17) is 0 Å². The van der Waals surface area contributed by atoms with Crippen molar-refractivity contribution in [1.82, 2.24) is 0 Å². The van der Waals surface area contributed by atoms with Crippen LogP contribution in [0, 0.1) is 19.7 Å². The molecule has 0 heterocycles. The Morgan fingerprint density at radius 3 is 2.44 bits per heavy atom. The monoisotopic (exact) mass is 286 g/mol. The molecule has 0 amide bonds. The Morgan fingerprint density at radius 1 is 1.44 bits per heavy atom. The topological polar surface area (TPSA) is 37.3 Å². The summed E-state index contributed by atoms with van der Waals surface area (Å²) in [5.41, 5.74) is 1.09. The average molecular weight is 287 g/mol. The summed E-state index contributed by atoms with van der Waals surface area (Å²) in [5, 5.41) is 9.25. The first kappa shape index (κ1) is 11.6. The lowest BCUT2D eigenvalue weighted by Gasteiger charge is -2.18. The molecule has 0 spiro atoms. The van der Waals surface area contributed by atoms with Crippen LogP contribution in [0.1, 0.15) is 29.5 Å². The van der Waals surface area contributed by atoms with Gasteiger partial charge in [0.05, 0.1) is 5.41 Å². The Morgan fingerprint density at radius 2 is 2.00 bits per heavy atom. The number of benzene rings is 1. The highest BCUT2D eigenvalue weighted by Crippen LogP contribution is 2.51. The smallest absolute Gasteiger partial charge is 0.314 e. The minimum Gasteiger partial charge on any atom is -0.481 e. The Bertz CT molecular complexity index is 452. The van der Waals surface area contributed by atoms with E-state index < -0.39 is 11.4 Å². The van der Waals surface area contributed by atoms with Crippen molar-refractivity contribution < 1.29 is 14.3 Å². The molecule has 4 heteroatoms. The first-order valence-corrected chi connectivity index (χ1v) is 5.88. The van der Waals surface area contributed by atoms with Gasteiger partial charge in [0.1, 0.15) is 5.82 Å². The van der Waals surface area contributed by atoms with Crippen LogP contribution in [0.2, 0.25) is 0 Å². The van der Waals surface area contributed by atoms with Gasteiger partial charge in [-0.15, -0.1) is 0 Å². The van der Waals surface area contributed by atoms with Crippen molar-refractivity contribution in [3.05, 3.63) is 33.0 Å². The van der Waals surface area contributed by atoms with Crippen molar-refractivity contribution >= 4 is 21.9 Å². The molecule has 86 valence electrons. The normalized spacial score (nSPS) is 17.2. The molecule has 1 fully saturated rings. The maximum absolute atomic E-state index is 13.6. The highest BCUT2D eigenvalue weighted by Gasteiger charge is 2.53. The summed E-state index contributed by atoms with van der Waals surface area (Å²) in [6.07, 6.45) is 1.19. The molecule has 0 unspecified atom stereocenters. The van der Waals surface area contributed by atoms with Gasteiger partial charge in [0.2, 0.25) is 0 Å². The van der Waals surface area contributed by atoms with Crippen LogP contribution in [0.3, 0.4) is 0 Å². The molecule has 1 N–H and O–H groups in total. The summed E-state index contributed by atoms with van der Waals surface area (Å²) in [6, 6.07) is 1.39. The van der Waals surface area contributed by atoms with Gasteiger partial charge in [0.25, 0.3) is 0 Å². The van der Waals surface area contributed by atoms with Gasteiger partial charge in [-0.05, 0) is 49.4 Å². The largest absolute Gasteiger partial charge is 0.481 e. The maximum Gasteiger partial charge on any atom is 0.314 e. The molecule has 0 saturated heterocycles. The number of hydrogen-bond acceptors (Lipinski definition) is 1. The molecule has 1 aromatic rings. The fourth-order valence-electron chi connectivity index (χ4n) is 2.26. The number of hydrogen-bond donors (Lipinski definition) is 1. The van der Waals surface area contributed by atoms with Crippen LogP contribution in [0.15, 0.2) is 10.5 Å². The first-order valence-electron chi connectivity index (χ1n) is 5.09. The number of carbonyl (C=O) groups is 1. The molecule has 1 aliphatic rings. The van der Waals surface area contributed by atoms with E-state index in [1.807, 2.05) is 6.92 Å². The van der Waals surface area contributed by atoms with Crippen molar-refractivity contribution in [3.8, 4) is 0 Å². The third kappa shape index (κ3) is 1.47. The van der Waals surface area contributed by atoms with Crippen molar-refractivity contribution in [2.24, 2.45) is 0 Å². The summed E-state index contributed by atoms with van der Waals surface area (Å²) >= 11 is 3.27. The highest BCUT2D eigenvalue weighted by molar-refractivity contribution is 9.10. The summed E-state index contributed by atoms with van der Waals surface area (Å²) < 4.78 is 14.3. The molecule has 0 aliphatic heterocycles. The van der Waals surface area contributed by atoms with Crippen LogP contribution in [0.5, 0.6) is 0 Å². The molecule has 1 aromatic carbocycles. The molecule has 0 aromatic heterocycles. The van der Waals surface area contributed by atoms with Crippen molar-refractivity contribution in [2.45, 2.75) is 32.1 Å². The van der Waals surface area contributed by atoms with E-state index in [9.17, 15) is 14.3 Å². The average Bonchev–Trinajstić information content (AvgIpc) is 2.97. The molecular weight excluding hydrogens is 275 g/mol. The summed E-state index contributed by atoms with van der Waals surface area (Å²) in [6.45, 7) is 3.47. The molecule has 1 aliphatic carbocycles. The van der Waals surface area contributed by atoms with Crippen LogP contribution in [-0.2, 0) is 10.2 Å². The van der Waals surface area contributed by atoms with Gasteiger partial charge in [-0.2, -0.15) is 0 Å². The van der Waals surface area contributed by atoms with E-state index in [1.54, 1.807) is 6.92 Å². The Hall–Kier alpha value is -0.900. The van der Waals surface area contributed by atoms with E-state index >= 15 is 0 Å². The van der Waals surface area contributed by atoms with Crippen LogP contribution in [-0.4, -0.2) is 11.1 Å². The zero-order valence-electron chi connectivity index (χ0n) is 9.10. The third-order valence-electron chi connectivity index (χ3n) is 3.36. The summed E-state index contributed by atoms with van der Waals surface area (Å²) in [4.78, 5) is 11.3. The molecule has 0 atom stereocenters. The predicted molar refractivity (Wildman–Crippen MR) is 62.1 cm³/mol. The second kappa shape index (κ2) is 3.55. The lowest BCUT2D eigenvalue weighted by atomic mass is 9.88. The van der Waals surface area contributed by atoms with E-state index in [0.29, 0.717) is 28.4 Å². The summed E-state index contributed by atoms with van der Waals surface area (Å²) in [5.74, 6) is -1.20. The van der Waals surface area contributed by atoms with Crippen molar-refractivity contribution in [2.75, 3.05) is 0 Å². The highest BCUT2D eigenvalue weighted by atomic mass is 79.9. The molecular formula is C12H12BrFO2. The van der Waals surface area contributed by atoms with E-state index in [0.717, 1.165) is 5.56 Å². The molecule has 2 nitrogen and oxygen atoms in total. The Kier molecular flexibility index (Phi) is 2.57. The van der Waals surface area contributed by atoms with Crippen LogP contribution < -0.4 is 0 Å².